The average Bonchev–Trinajstić information content (AvgIpc) is 3.54. The molecule has 0 spiro atoms. The predicted octanol–water partition coefficient (Wildman–Crippen LogP) is 5.05. The van der Waals surface area contributed by atoms with Crippen molar-refractivity contribution in [3.8, 4) is 11.1 Å². The van der Waals surface area contributed by atoms with Crippen LogP contribution in [-0.4, -0.2) is 31.4 Å². The Morgan fingerprint density at radius 1 is 0.895 bits per heavy atom. The van der Waals surface area contributed by atoms with E-state index in [2.05, 4.69) is 0 Å². The second-order valence-electron chi connectivity index (χ2n) is 8.94. The van der Waals surface area contributed by atoms with Crippen LogP contribution in [0.2, 0.25) is 0 Å². The number of nitrogens with one attached hydrogen (secondary N) is 1. The van der Waals surface area contributed by atoms with E-state index in [1.54, 1.807) is 41.8 Å². The Morgan fingerprint density at radius 3 is 2.34 bits per heavy atom. The summed E-state index contributed by atoms with van der Waals surface area (Å²) in [4.78, 5) is 9.36. The first-order chi connectivity index (χ1) is 18.1. The predicted molar refractivity (Wildman–Crippen MR) is 149 cm³/mol. The molecule has 2 aromatic carbocycles. The fraction of sp³-hybridized carbons (Fsp3) is 0.185. The van der Waals surface area contributed by atoms with Crippen molar-refractivity contribution in [2.45, 2.75) is 42.8 Å². The number of rotatable bonds is 8. The lowest BCUT2D eigenvalue weighted by Crippen LogP contribution is -2.30. The number of nitrogens with zero attached hydrogens (tertiary/aromatic N) is 3. The Kier molecular flexibility index (Phi) is 6.95. The first kappa shape index (κ1) is 26.2. The topological polar surface area (TPSA) is 111 Å². The summed E-state index contributed by atoms with van der Waals surface area (Å²) in [6, 6.07) is 19.0. The van der Waals surface area contributed by atoms with Gasteiger partial charge in [-0.05, 0) is 54.1 Å². The number of hydrogen-bond acceptors (Lipinski definition) is 7. The van der Waals surface area contributed by atoms with Gasteiger partial charge in [0.05, 0.1) is 11.4 Å². The number of benzene rings is 2. The van der Waals surface area contributed by atoms with Gasteiger partial charge in [-0.15, -0.1) is 11.3 Å². The minimum absolute atomic E-state index is 0.0761. The normalized spacial score (nSPS) is 12.3. The molecule has 0 aliphatic rings. The first-order valence-corrected chi connectivity index (χ1v) is 15.8. The quantitative estimate of drug-likeness (QED) is 0.281. The second kappa shape index (κ2) is 10.1. The minimum atomic E-state index is -4.47. The number of thiophene rings is 1. The van der Waals surface area contributed by atoms with Crippen molar-refractivity contribution in [1.29, 1.82) is 0 Å². The van der Waals surface area contributed by atoms with E-state index in [1.807, 2.05) is 47.7 Å². The summed E-state index contributed by atoms with van der Waals surface area (Å²) in [6.07, 6.45) is 0.669. The van der Waals surface area contributed by atoms with E-state index < -0.39 is 20.0 Å². The smallest absolute Gasteiger partial charge is 0.263 e. The van der Waals surface area contributed by atoms with Gasteiger partial charge in [0.1, 0.15) is 15.6 Å². The van der Waals surface area contributed by atoms with Crippen molar-refractivity contribution in [3.05, 3.63) is 94.8 Å². The van der Waals surface area contributed by atoms with Crippen LogP contribution in [-0.2, 0) is 33.0 Å². The average molecular weight is 567 g/mol. The van der Waals surface area contributed by atoms with E-state index in [0.29, 0.717) is 29.7 Å². The zero-order chi connectivity index (χ0) is 27.1. The molecule has 8 nitrogen and oxygen atoms in total. The van der Waals surface area contributed by atoms with Crippen molar-refractivity contribution >= 4 is 42.5 Å². The van der Waals surface area contributed by atoms with Gasteiger partial charge in [-0.1, -0.05) is 59.6 Å². The van der Waals surface area contributed by atoms with Crippen LogP contribution in [0.3, 0.4) is 0 Å². The summed E-state index contributed by atoms with van der Waals surface area (Å²) in [6.45, 7) is 6.25. The van der Waals surface area contributed by atoms with Crippen molar-refractivity contribution in [2.24, 2.45) is 0 Å². The Labute approximate surface area is 226 Å². The molecule has 196 valence electrons. The van der Waals surface area contributed by atoms with E-state index in [-0.39, 0.29) is 9.10 Å². The molecular weight excluding hydrogens is 541 g/mol. The van der Waals surface area contributed by atoms with Crippen LogP contribution in [0, 0.1) is 13.8 Å². The lowest BCUT2D eigenvalue weighted by atomic mass is 10.0. The summed E-state index contributed by atoms with van der Waals surface area (Å²) < 4.78 is 56.8. The third-order valence-electron chi connectivity index (χ3n) is 6.16. The number of aryl methyl sites for hydroxylation is 3. The number of hydrogen-bond donors (Lipinski definition) is 1. The largest absolute Gasteiger partial charge is 0.308 e. The van der Waals surface area contributed by atoms with Crippen LogP contribution in [0.15, 0.2) is 81.2 Å². The number of fused-ring (bicyclic) bond motifs is 1. The lowest BCUT2D eigenvalue weighted by molar-refractivity contribution is 0.578. The van der Waals surface area contributed by atoms with Gasteiger partial charge < -0.3 is 4.57 Å². The molecule has 0 saturated heterocycles. The summed E-state index contributed by atoms with van der Waals surface area (Å²) in [7, 11) is -8.75. The summed E-state index contributed by atoms with van der Waals surface area (Å²) in [5.74, 6) is 0.830. The Balaban J connectivity index is 1.64. The number of aromatic nitrogens is 3. The summed E-state index contributed by atoms with van der Waals surface area (Å²) >= 11 is 0.948. The molecule has 0 unspecified atom stereocenters. The Hall–Kier alpha value is -3.38. The van der Waals surface area contributed by atoms with Crippen molar-refractivity contribution in [2.75, 3.05) is 0 Å². The lowest BCUT2D eigenvalue weighted by Gasteiger charge is -2.15. The molecular formula is C27H26N4O4S3. The zero-order valence-electron chi connectivity index (χ0n) is 21.0. The molecule has 5 rings (SSSR count). The molecule has 0 radical (unpaired) electrons. The molecule has 5 aromatic rings. The zero-order valence-corrected chi connectivity index (χ0v) is 23.5. The van der Waals surface area contributed by atoms with Crippen LogP contribution in [0.4, 0.5) is 0 Å². The molecule has 11 heteroatoms. The van der Waals surface area contributed by atoms with Crippen molar-refractivity contribution in [1.82, 2.24) is 18.7 Å². The van der Waals surface area contributed by atoms with Crippen molar-refractivity contribution in [3.63, 3.8) is 0 Å². The molecule has 0 aliphatic carbocycles. The van der Waals surface area contributed by atoms with E-state index in [1.165, 1.54) is 12.1 Å². The molecule has 0 saturated carbocycles. The van der Waals surface area contributed by atoms with Gasteiger partial charge in [0.15, 0.2) is 5.65 Å². The monoisotopic (exact) mass is 566 g/mol. The fourth-order valence-corrected chi connectivity index (χ4v) is 8.77. The minimum Gasteiger partial charge on any atom is -0.308 e. The molecule has 0 fully saturated rings. The maximum absolute atomic E-state index is 13.6. The third kappa shape index (κ3) is 5.02. The molecule has 0 aliphatic heterocycles. The molecule has 38 heavy (non-hydrogen) atoms. The van der Waals surface area contributed by atoms with Gasteiger partial charge >= 0.3 is 0 Å². The molecule has 0 atom stereocenters. The van der Waals surface area contributed by atoms with Gasteiger partial charge in [-0.2, -0.15) is 0 Å². The van der Waals surface area contributed by atoms with Gasteiger partial charge in [0.25, 0.3) is 20.0 Å². The van der Waals surface area contributed by atoms with E-state index >= 15 is 0 Å². The molecule has 1 N–H and O–H groups in total. The van der Waals surface area contributed by atoms with Crippen LogP contribution < -0.4 is 4.13 Å². The molecule has 3 aromatic heterocycles. The summed E-state index contributed by atoms with van der Waals surface area (Å²) in [5.41, 5.74) is 5.16. The number of imidazole rings is 1. The van der Waals surface area contributed by atoms with Crippen LogP contribution in [0.25, 0.3) is 22.3 Å². The highest BCUT2D eigenvalue weighted by Crippen LogP contribution is 2.30. The van der Waals surface area contributed by atoms with Gasteiger partial charge in [0, 0.05) is 17.7 Å². The third-order valence-corrected chi connectivity index (χ3v) is 11.1. The SMILES string of the molecule is CCc1nc2c(C)cc(C)nc2n1Cc1ccc(-c2ccccc2)c(S(=O)(=O)NS(=O)(=O)c2cccs2)c1. The maximum atomic E-state index is 13.6. The highest BCUT2D eigenvalue weighted by Gasteiger charge is 2.28. The Bertz CT molecular complexity index is 1850. The number of sulfonamides is 2. The highest BCUT2D eigenvalue weighted by atomic mass is 32.3. The van der Waals surface area contributed by atoms with Crippen LogP contribution in [0.1, 0.15) is 29.6 Å². The van der Waals surface area contributed by atoms with E-state index in [9.17, 15) is 16.8 Å². The fourth-order valence-electron chi connectivity index (χ4n) is 4.46. The maximum Gasteiger partial charge on any atom is 0.263 e. The molecule has 0 amide bonds. The standard InChI is InChI=1S/C27H26N4O4S3/c1-4-24-29-26-18(2)15-19(3)28-27(26)31(24)17-20-12-13-22(21-9-6-5-7-10-21)23(16-20)37(32,33)30-38(34,35)25-11-8-14-36-25/h5-16,30H,4,17H2,1-3H3. The van der Waals surface area contributed by atoms with Gasteiger partial charge in [0.2, 0.25) is 0 Å². The van der Waals surface area contributed by atoms with E-state index in [0.717, 1.165) is 39.6 Å². The number of pyridine rings is 1. The summed E-state index contributed by atoms with van der Waals surface area (Å²) in [5, 5.41) is 1.58. The molecule has 3 heterocycles. The van der Waals surface area contributed by atoms with Crippen LogP contribution in [0.5, 0.6) is 0 Å². The highest BCUT2D eigenvalue weighted by molar-refractivity contribution is 8.05. The van der Waals surface area contributed by atoms with Crippen LogP contribution >= 0.6 is 11.3 Å². The van der Waals surface area contributed by atoms with E-state index in [4.69, 9.17) is 9.97 Å². The molecule has 0 bridgehead atoms. The van der Waals surface area contributed by atoms with Gasteiger partial charge in [-0.3, -0.25) is 0 Å². The Morgan fingerprint density at radius 2 is 1.66 bits per heavy atom. The van der Waals surface area contributed by atoms with Gasteiger partial charge in [-0.25, -0.2) is 26.8 Å². The first-order valence-electron chi connectivity index (χ1n) is 11.9. The van der Waals surface area contributed by atoms with Crippen molar-refractivity contribution < 1.29 is 16.8 Å². The second-order valence-corrected chi connectivity index (χ2v) is 13.7.